The number of hydrogen-bond donors (Lipinski definition) is 0. The zero-order valence-electron chi connectivity index (χ0n) is 12.5. The highest BCUT2D eigenvalue weighted by atomic mass is 16.5. The SMILES string of the molecule is C.c1c(OCCCCN2CCCCC2)nn2c1CCCC2. The fourth-order valence-corrected chi connectivity index (χ4v) is 3.26. The molecule has 0 N–H and O–H groups in total. The van der Waals surface area contributed by atoms with E-state index >= 15 is 0 Å². The van der Waals surface area contributed by atoms with Crippen LogP contribution in [0, 0.1) is 0 Å². The van der Waals surface area contributed by atoms with Gasteiger partial charge in [-0.1, -0.05) is 13.8 Å². The first-order valence-corrected chi connectivity index (χ1v) is 8.34. The van der Waals surface area contributed by atoms with Gasteiger partial charge in [-0.25, -0.2) is 0 Å². The van der Waals surface area contributed by atoms with Crippen molar-refractivity contribution < 1.29 is 4.74 Å². The van der Waals surface area contributed by atoms with Gasteiger partial charge in [0.2, 0.25) is 5.88 Å². The number of aromatic nitrogens is 2. The fraction of sp³-hybridized carbons (Fsp3) is 0.824. The van der Waals surface area contributed by atoms with E-state index in [0.29, 0.717) is 0 Å². The van der Waals surface area contributed by atoms with E-state index in [4.69, 9.17) is 4.74 Å². The molecule has 0 aliphatic carbocycles. The van der Waals surface area contributed by atoms with E-state index in [2.05, 4.69) is 20.7 Å². The quantitative estimate of drug-likeness (QED) is 0.752. The van der Waals surface area contributed by atoms with E-state index < -0.39 is 0 Å². The Balaban J connectivity index is 0.00000161. The van der Waals surface area contributed by atoms with Crippen molar-refractivity contribution in [1.29, 1.82) is 0 Å². The summed E-state index contributed by atoms with van der Waals surface area (Å²) < 4.78 is 7.92. The van der Waals surface area contributed by atoms with Crippen molar-refractivity contribution in [2.75, 3.05) is 26.2 Å². The number of ether oxygens (including phenoxy) is 1. The predicted octanol–water partition coefficient (Wildman–Crippen LogP) is 3.50. The number of unbranched alkanes of at least 4 members (excludes halogenated alkanes) is 1. The Morgan fingerprint density at radius 1 is 1.00 bits per heavy atom. The Morgan fingerprint density at radius 2 is 1.81 bits per heavy atom. The van der Waals surface area contributed by atoms with Crippen LogP contribution >= 0.6 is 0 Å². The van der Waals surface area contributed by atoms with E-state index in [-0.39, 0.29) is 7.43 Å². The van der Waals surface area contributed by atoms with Gasteiger partial charge < -0.3 is 9.64 Å². The number of piperidine rings is 1. The lowest BCUT2D eigenvalue weighted by Crippen LogP contribution is -2.30. The summed E-state index contributed by atoms with van der Waals surface area (Å²) in [6, 6.07) is 2.13. The average Bonchev–Trinajstić information content (AvgIpc) is 2.90. The van der Waals surface area contributed by atoms with Crippen LogP contribution in [0.5, 0.6) is 5.88 Å². The van der Waals surface area contributed by atoms with Crippen LogP contribution in [0.3, 0.4) is 0 Å². The summed E-state index contributed by atoms with van der Waals surface area (Å²) in [7, 11) is 0. The summed E-state index contributed by atoms with van der Waals surface area (Å²) in [6.45, 7) is 5.71. The lowest BCUT2D eigenvalue weighted by atomic mass is 10.1. The number of aryl methyl sites for hydroxylation is 2. The molecular formula is C17H31N3O. The summed E-state index contributed by atoms with van der Waals surface area (Å²) in [5.74, 6) is 0.833. The third-order valence-corrected chi connectivity index (χ3v) is 4.46. The third kappa shape index (κ3) is 4.73. The molecule has 120 valence electrons. The van der Waals surface area contributed by atoms with Crippen molar-refractivity contribution in [3.8, 4) is 5.88 Å². The van der Waals surface area contributed by atoms with Gasteiger partial charge in [-0.15, -0.1) is 5.10 Å². The van der Waals surface area contributed by atoms with Gasteiger partial charge in [-0.3, -0.25) is 4.68 Å². The molecule has 0 radical (unpaired) electrons. The molecule has 2 aliphatic rings. The monoisotopic (exact) mass is 293 g/mol. The first-order valence-electron chi connectivity index (χ1n) is 8.34. The van der Waals surface area contributed by atoms with Crippen LogP contribution in [0.15, 0.2) is 6.07 Å². The van der Waals surface area contributed by atoms with E-state index in [1.165, 1.54) is 63.9 Å². The van der Waals surface area contributed by atoms with Crippen molar-refractivity contribution in [2.24, 2.45) is 0 Å². The highest BCUT2D eigenvalue weighted by molar-refractivity contribution is 5.16. The first-order chi connectivity index (χ1) is 9.92. The van der Waals surface area contributed by atoms with Crippen LogP contribution in [0.1, 0.15) is 58.1 Å². The minimum Gasteiger partial charge on any atom is -0.477 e. The van der Waals surface area contributed by atoms with Crippen molar-refractivity contribution in [3.63, 3.8) is 0 Å². The Morgan fingerprint density at radius 3 is 2.62 bits per heavy atom. The molecule has 1 aromatic rings. The van der Waals surface area contributed by atoms with Crippen LogP contribution in [0.4, 0.5) is 0 Å². The smallest absolute Gasteiger partial charge is 0.232 e. The molecule has 0 atom stereocenters. The molecule has 21 heavy (non-hydrogen) atoms. The third-order valence-electron chi connectivity index (χ3n) is 4.46. The molecule has 4 heteroatoms. The van der Waals surface area contributed by atoms with Gasteiger partial charge in [0, 0.05) is 18.3 Å². The van der Waals surface area contributed by atoms with Gasteiger partial charge in [0.25, 0.3) is 0 Å². The minimum atomic E-state index is 0. The molecule has 4 nitrogen and oxygen atoms in total. The maximum Gasteiger partial charge on any atom is 0.232 e. The number of nitrogens with zero attached hydrogens (tertiary/aromatic N) is 3. The van der Waals surface area contributed by atoms with Crippen LogP contribution in [-0.2, 0) is 13.0 Å². The molecule has 0 amide bonds. The summed E-state index contributed by atoms with van der Waals surface area (Å²) in [5.41, 5.74) is 1.35. The molecule has 0 spiro atoms. The van der Waals surface area contributed by atoms with Crippen LogP contribution in [0.25, 0.3) is 0 Å². The van der Waals surface area contributed by atoms with Crippen molar-refractivity contribution in [3.05, 3.63) is 11.8 Å². The second-order valence-electron chi connectivity index (χ2n) is 6.11. The van der Waals surface area contributed by atoms with Gasteiger partial charge in [0.15, 0.2) is 0 Å². The number of rotatable bonds is 6. The minimum absolute atomic E-state index is 0. The van der Waals surface area contributed by atoms with E-state index in [1.54, 1.807) is 0 Å². The van der Waals surface area contributed by atoms with Gasteiger partial charge in [-0.2, -0.15) is 0 Å². The summed E-state index contributed by atoms with van der Waals surface area (Å²) in [4.78, 5) is 2.60. The van der Waals surface area contributed by atoms with Crippen LogP contribution in [0.2, 0.25) is 0 Å². The predicted molar refractivity (Wildman–Crippen MR) is 86.9 cm³/mol. The molecule has 0 bridgehead atoms. The number of likely N-dealkylation sites (tertiary alicyclic amines) is 1. The highest BCUT2D eigenvalue weighted by Gasteiger charge is 2.13. The molecule has 0 saturated carbocycles. The highest BCUT2D eigenvalue weighted by Crippen LogP contribution is 2.19. The number of hydrogen-bond acceptors (Lipinski definition) is 3. The topological polar surface area (TPSA) is 30.3 Å². The average molecular weight is 293 g/mol. The summed E-state index contributed by atoms with van der Waals surface area (Å²) >= 11 is 0. The molecule has 0 aromatic carbocycles. The molecule has 1 saturated heterocycles. The first kappa shape index (κ1) is 16.3. The van der Waals surface area contributed by atoms with Gasteiger partial charge >= 0.3 is 0 Å². The molecule has 2 aliphatic heterocycles. The zero-order valence-corrected chi connectivity index (χ0v) is 12.5. The second-order valence-corrected chi connectivity index (χ2v) is 6.11. The fourth-order valence-electron chi connectivity index (χ4n) is 3.26. The van der Waals surface area contributed by atoms with Crippen LogP contribution < -0.4 is 4.74 Å². The maximum atomic E-state index is 5.80. The standard InChI is InChI=1S/C16H27N3O.CH4/c1-3-9-18(10-4-1)11-6-7-13-20-16-14-15-8-2-5-12-19(15)17-16;/h14H,1-13H2;1H4. The molecule has 1 fully saturated rings. The molecule has 3 heterocycles. The largest absolute Gasteiger partial charge is 0.477 e. The van der Waals surface area contributed by atoms with Gasteiger partial charge in [-0.05, 0) is 64.6 Å². The van der Waals surface area contributed by atoms with E-state index in [9.17, 15) is 0 Å². The van der Waals surface area contributed by atoms with Gasteiger partial charge in [0.05, 0.1) is 6.61 Å². The zero-order chi connectivity index (χ0) is 13.6. The summed E-state index contributed by atoms with van der Waals surface area (Å²) in [6.07, 6.45) is 10.3. The normalized spacial score (nSPS) is 18.9. The van der Waals surface area contributed by atoms with E-state index in [0.717, 1.165) is 31.9 Å². The molecule has 0 unspecified atom stereocenters. The van der Waals surface area contributed by atoms with Crippen molar-refractivity contribution in [1.82, 2.24) is 14.7 Å². The lowest BCUT2D eigenvalue weighted by molar-refractivity contribution is 0.214. The maximum absolute atomic E-state index is 5.80. The Kier molecular flexibility index (Phi) is 6.55. The Bertz CT molecular complexity index is 387. The lowest BCUT2D eigenvalue weighted by Gasteiger charge is -2.26. The molecule has 1 aromatic heterocycles. The molecule has 3 rings (SSSR count). The Hall–Kier alpha value is -1.03. The second kappa shape index (κ2) is 8.42. The van der Waals surface area contributed by atoms with Crippen molar-refractivity contribution in [2.45, 2.75) is 65.3 Å². The van der Waals surface area contributed by atoms with E-state index in [1.807, 2.05) is 0 Å². The van der Waals surface area contributed by atoms with Crippen LogP contribution in [-0.4, -0.2) is 40.9 Å². The Labute approximate surface area is 129 Å². The molecular weight excluding hydrogens is 262 g/mol. The summed E-state index contributed by atoms with van der Waals surface area (Å²) in [5, 5.41) is 4.52. The number of fused-ring (bicyclic) bond motifs is 1. The van der Waals surface area contributed by atoms with Gasteiger partial charge in [0.1, 0.15) is 0 Å². The van der Waals surface area contributed by atoms with Crippen molar-refractivity contribution >= 4 is 0 Å².